The molecule has 0 aromatic carbocycles. The van der Waals surface area contributed by atoms with Gasteiger partial charge in [0.15, 0.2) is 5.79 Å². The monoisotopic (exact) mass is 150 g/mol. The summed E-state index contributed by atoms with van der Waals surface area (Å²) in [6.45, 7) is 1.12. The van der Waals surface area contributed by atoms with Crippen LogP contribution in [0.25, 0.3) is 0 Å². The van der Waals surface area contributed by atoms with Gasteiger partial charge in [0, 0.05) is 6.42 Å². The summed E-state index contributed by atoms with van der Waals surface area (Å²) in [7, 11) is 0. The molecule has 4 heteroatoms. The van der Waals surface area contributed by atoms with Crippen LogP contribution in [0, 0.1) is 0 Å². The van der Waals surface area contributed by atoms with Crippen LogP contribution < -0.4 is 0 Å². The van der Waals surface area contributed by atoms with Gasteiger partial charge in [0.25, 0.3) is 0 Å². The minimum absolute atomic E-state index is 0.0642. The Morgan fingerprint density at radius 2 is 1.90 bits per heavy atom. The number of rotatable bonds is 4. The summed E-state index contributed by atoms with van der Waals surface area (Å²) < 4.78 is 0. The van der Waals surface area contributed by atoms with Crippen LogP contribution in [0.4, 0.5) is 0 Å². The van der Waals surface area contributed by atoms with Crippen molar-refractivity contribution >= 4 is 0 Å². The summed E-state index contributed by atoms with van der Waals surface area (Å²) >= 11 is 0. The molecule has 1 atom stereocenters. The molecule has 4 nitrogen and oxygen atoms in total. The van der Waals surface area contributed by atoms with Crippen molar-refractivity contribution in [1.29, 1.82) is 0 Å². The van der Waals surface area contributed by atoms with Crippen LogP contribution in [0.2, 0.25) is 0 Å². The van der Waals surface area contributed by atoms with E-state index in [1.54, 1.807) is 6.92 Å². The second kappa shape index (κ2) is 3.88. The number of hydrogen-bond acceptors (Lipinski definition) is 4. The smallest absolute Gasteiger partial charge is 0.191 e. The van der Waals surface area contributed by atoms with E-state index in [2.05, 4.69) is 0 Å². The number of aliphatic hydroxyl groups is 4. The Labute approximate surface area is 59.7 Å². The molecule has 0 amide bonds. The van der Waals surface area contributed by atoms with Crippen molar-refractivity contribution in [2.75, 3.05) is 6.61 Å². The van der Waals surface area contributed by atoms with Crippen LogP contribution in [0.3, 0.4) is 0 Å². The Morgan fingerprint density at radius 3 is 2.20 bits per heavy atom. The zero-order valence-electron chi connectivity index (χ0n) is 5.99. The number of hydrogen-bond donors (Lipinski definition) is 4. The van der Waals surface area contributed by atoms with Crippen molar-refractivity contribution in [1.82, 2.24) is 0 Å². The second-order valence-electron chi connectivity index (χ2n) is 2.33. The zero-order valence-corrected chi connectivity index (χ0v) is 5.99. The lowest BCUT2D eigenvalue weighted by atomic mass is 10.1. The van der Waals surface area contributed by atoms with Crippen molar-refractivity contribution in [3.63, 3.8) is 0 Å². The Hall–Kier alpha value is -0.160. The second-order valence-corrected chi connectivity index (χ2v) is 2.33. The summed E-state index contributed by atoms with van der Waals surface area (Å²) in [6, 6.07) is 0. The summed E-state index contributed by atoms with van der Waals surface area (Å²) in [4.78, 5) is 0. The van der Waals surface area contributed by atoms with Crippen LogP contribution in [-0.4, -0.2) is 38.9 Å². The molecular formula is C6H14O4. The molecule has 1 unspecified atom stereocenters. The van der Waals surface area contributed by atoms with E-state index in [1.165, 1.54) is 0 Å². The average molecular weight is 150 g/mol. The van der Waals surface area contributed by atoms with E-state index in [0.29, 0.717) is 6.42 Å². The Bertz CT molecular complexity index is 91.7. The Balaban J connectivity index is 3.82. The summed E-state index contributed by atoms with van der Waals surface area (Å²) in [5, 5.41) is 35.0. The first-order chi connectivity index (χ1) is 4.54. The van der Waals surface area contributed by atoms with E-state index in [1.807, 2.05) is 0 Å². The first-order valence-electron chi connectivity index (χ1n) is 3.28. The van der Waals surface area contributed by atoms with Gasteiger partial charge in [0.1, 0.15) is 6.10 Å². The predicted molar refractivity (Wildman–Crippen MR) is 35.2 cm³/mol. The quantitative estimate of drug-likeness (QED) is 0.380. The molecule has 0 bridgehead atoms. The van der Waals surface area contributed by atoms with Crippen molar-refractivity contribution in [2.24, 2.45) is 0 Å². The third-order valence-electron chi connectivity index (χ3n) is 1.32. The molecule has 4 N–H and O–H groups in total. The minimum Gasteiger partial charge on any atom is -0.393 e. The van der Waals surface area contributed by atoms with Gasteiger partial charge in [0.05, 0.1) is 6.61 Å². The molecule has 0 aliphatic rings. The minimum atomic E-state index is -2.14. The fraction of sp³-hybridized carbons (Fsp3) is 1.00. The molecule has 0 aliphatic carbocycles. The van der Waals surface area contributed by atoms with E-state index < -0.39 is 18.5 Å². The van der Waals surface area contributed by atoms with Crippen molar-refractivity contribution in [3.8, 4) is 0 Å². The molecular weight excluding hydrogens is 136 g/mol. The standard InChI is InChI=1S/C6H14O4/c1-2-3-6(9,10)5(8)4-7/h5,7-10H,2-4H2,1H3. The molecule has 0 radical (unpaired) electrons. The van der Waals surface area contributed by atoms with Gasteiger partial charge in [-0.25, -0.2) is 0 Å². The zero-order chi connectivity index (χ0) is 8.20. The lowest BCUT2D eigenvalue weighted by molar-refractivity contribution is -0.236. The predicted octanol–water partition coefficient (Wildman–Crippen LogP) is -1.18. The molecule has 0 saturated carbocycles. The summed E-state index contributed by atoms with van der Waals surface area (Å²) in [6.07, 6.45) is -0.855. The van der Waals surface area contributed by atoms with Crippen LogP contribution >= 0.6 is 0 Å². The van der Waals surface area contributed by atoms with Crippen LogP contribution in [-0.2, 0) is 0 Å². The highest BCUT2D eigenvalue weighted by atomic mass is 16.5. The highest BCUT2D eigenvalue weighted by molar-refractivity contribution is 4.72. The molecule has 10 heavy (non-hydrogen) atoms. The largest absolute Gasteiger partial charge is 0.393 e. The molecule has 0 aromatic rings. The van der Waals surface area contributed by atoms with E-state index in [-0.39, 0.29) is 6.42 Å². The van der Waals surface area contributed by atoms with Gasteiger partial charge in [-0.1, -0.05) is 13.3 Å². The van der Waals surface area contributed by atoms with Gasteiger partial charge < -0.3 is 20.4 Å². The van der Waals surface area contributed by atoms with Crippen LogP contribution in [0.5, 0.6) is 0 Å². The van der Waals surface area contributed by atoms with Crippen LogP contribution in [0.1, 0.15) is 19.8 Å². The highest BCUT2D eigenvalue weighted by Gasteiger charge is 2.30. The first kappa shape index (κ1) is 9.84. The lowest BCUT2D eigenvalue weighted by Gasteiger charge is -2.25. The topological polar surface area (TPSA) is 80.9 Å². The molecule has 0 fully saturated rings. The van der Waals surface area contributed by atoms with Gasteiger partial charge in [0.2, 0.25) is 0 Å². The molecule has 0 heterocycles. The third-order valence-corrected chi connectivity index (χ3v) is 1.32. The molecule has 0 aliphatic heterocycles. The SMILES string of the molecule is CCCC(O)(O)C(O)CO. The maximum atomic E-state index is 8.93. The highest BCUT2D eigenvalue weighted by Crippen LogP contribution is 2.12. The van der Waals surface area contributed by atoms with Crippen LogP contribution in [0.15, 0.2) is 0 Å². The van der Waals surface area contributed by atoms with E-state index in [0.717, 1.165) is 0 Å². The molecule has 0 rings (SSSR count). The maximum Gasteiger partial charge on any atom is 0.191 e. The summed E-state index contributed by atoms with van der Waals surface area (Å²) in [5.41, 5.74) is 0. The molecule has 0 aromatic heterocycles. The van der Waals surface area contributed by atoms with Crippen molar-refractivity contribution in [2.45, 2.75) is 31.7 Å². The first-order valence-corrected chi connectivity index (χ1v) is 3.28. The number of aliphatic hydroxyl groups excluding tert-OH is 2. The Kier molecular flexibility index (Phi) is 3.81. The fourth-order valence-electron chi connectivity index (χ4n) is 0.681. The fourth-order valence-corrected chi connectivity index (χ4v) is 0.681. The average Bonchev–Trinajstić information content (AvgIpc) is 1.86. The lowest BCUT2D eigenvalue weighted by Crippen LogP contribution is -2.44. The van der Waals surface area contributed by atoms with E-state index in [9.17, 15) is 0 Å². The van der Waals surface area contributed by atoms with Gasteiger partial charge in [-0.15, -0.1) is 0 Å². The molecule has 62 valence electrons. The van der Waals surface area contributed by atoms with E-state index >= 15 is 0 Å². The summed E-state index contributed by atoms with van der Waals surface area (Å²) in [5.74, 6) is -2.14. The van der Waals surface area contributed by atoms with Gasteiger partial charge in [-0.2, -0.15) is 0 Å². The molecule has 0 spiro atoms. The maximum absolute atomic E-state index is 8.93. The van der Waals surface area contributed by atoms with Crippen molar-refractivity contribution in [3.05, 3.63) is 0 Å². The molecule has 0 saturated heterocycles. The Morgan fingerprint density at radius 1 is 1.40 bits per heavy atom. The van der Waals surface area contributed by atoms with E-state index in [4.69, 9.17) is 20.4 Å². The van der Waals surface area contributed by atoms with Gasteiger partial charge >= 0.3 is 0 Å². The van der Waals surface area contributed by atoms with Gasteiger partial charge in [-0.3, -0.25) is 0 Å². The normalized spacial score (nSPS) is 15.3. The van der Waals surface area contributed by atoms with Gasteiger partial charge in [-0.05, 0) is 0 Å². The third kappa shape index (κ3) is 2.62. The van der Waals surface area contributed by atoms with Crippen molar-refractivity contribution < 1.29 is 20.4 Å².